The number of fused-ring (bicyclic) bond motifs is 1. The van der Waals surface area contributed by atoms with Crippen molar-refractivity contribution < 1.29 is 9.47 Å². The predicted molar refractivity (Wildman–Crippen MR) is 131 cm³/mol. The molecular formula is C24H27N5O2S. The summed E-state index contributed by atoms with van der Waals surface area (Å²) in [5.74, 6) is 1.97. The van der Waals surface area contributed by atoms with Crippen molar-refractivity contribution in [2.24, 2.45) is 16.6 Å². The number of hydrogen-bond acceptors (Lipinski definition) is 8. The Morgan fingerprint density at radius 1 is 1.31 bits per heavy atom. The van der Waals surface area contributed by atoms with E-state index in [0.717, 1.165) is 47.2 Å². The van der Waals surface area contributed by atoms with Gasteiger partial charge in [0, 0.05) is 38.0 Å². The second kappa shape index (κ2) is 10.3. The van der Waals surface area contributed by atoms with Crippen LogP contribution in [0.15, 0.2) is 77.9 Å². The van der Waals surface area contributed by atoms with Crippen LogP contribution in [0.3, 0.4) is 0 Å². The standard InChI is InChI=1S/C24H27N5O2S/c1-3-13-26-23(22(25)29-14-12-17(15-29)16-30-2)31-19-10-8-18(9-11-19)27-24-28-20-6-4-5-7-21(20)32-24/h3-11,13,17H,1,12,14-16,25H2,2H3,(H,27,28)/b23-22-,26-13?/t17-/m0/s1. The Morgan fingerprint density at radius 2 is 2.12 bits per heavy atom. The van der Waals surface area contributed by atoms with Gasteiger partial charge in [0.05, 0.1) is 16.8 Å². The van der Waals surface area contributed by atoms with Crippen LogP contribution in [0, 0.1) is 5.92 Å². The van der Waals surface area contributed by atoms with Crippen molar-refractivity contribution in [2.45, 2.75) is 6.42 Å². The first-order chi connectivity index (χ1) is 15.7. The van der Waals surface area contributed by atoms with Crippen LogP contribution < -0.4 is 15.8 Å². The zero-order valence-electron chi connectivity index (χ0n) is 18.0. The second-order valence-electron chi connectivity index (χ2n) is 7.50. The molecular weight excluding hydrogens is 422 g/mol. The quantitative estimate of drug-likeness (QED) is 0.363. The summed E-state index contributed by atoms with van der Waals surface area (Å²) in [5.41, 5.74) is 8.32. The van der Waals surface area contributed by atoms with Gasteiger partial charge in [-0.2, -0.15) is 0 Å². The van der Waals surface area contributed by atoms with Gasteiger partial charge in [-0.1, -0.05) is 36.1 Å². The maximum absolute atomic E-state index is 6.41. The highest BCUT2D eigenvalue weighted by Gasteiger charge is 2.25. The largest absolute Gasteiger partial charge is 0.436 e. The third-order valence-corrected chi connectivity index (χ3v) is 6.11. The van der Waals surface area contributed by atoms with Gasteiger partial charge in [-0.3, -0.25) is 0 Å². The zero-order chi connectivity index (χ0) is 22.3. The van der Waals surface area contributed by atoms with E-state index in [0.29, 0.717) is 23.4 Å². The Kier molecular flexibility index (Phi) is 7.03. The van der Waals surface area contributed by atoms with Crippen LogP contribution >= 0.6 is 11.3 Å². The Labute approximate surface area is 191 Å². The summed E-state index contributed by atoms with van der Waals surface area (Å²) in [6.07, 6.45) is 4.20. The van der Waals surface area contributed by atoms with E-state index in [1.807, 2.05) is 42.5 Å². The number of anilines is 2. The number of nitrogens with zero attached hydrogens (tertiary/aromatic N) is 3. The molecule has 0 saturated carbocycles. The summed E-state index contributed by atoms with van der Waals surface area (Å²) in [7, 11) is 1.72. The molecule has 1 aromatic heterocycles. The van der Waals surface area contributed by atoms with E-state index in [-0.39, 0.29) is 0 Å². The number of methoxy groups -OCH3 is 1. The highest BCUT2D eigenvalue weighted by Crippen LogP contribution is 2.29. The van der Waals surface area contributed by atoms with Crippen molar-refractivity contribution in [2.75, 3.05) is 32.1 Å². The van der Waals surface area contributed by atoms with Gasteiger partial charge in [-0.15, -0.1) is 0 Å². The second-order valence-corrected chi connectivity index (χ2v) is 8.53. The number of nitrogens with one attached hydrogen (secondary N) is 1. The summed E-state index contributed by atoms with van der Waals surface area (Å²) in [6, 6.07) is 15.7. The maximum atomic E-state index is 6.41. The van der Waals surface area contributed by atoms with Gasteiger partial charge in [0.2, 0.25) is 0 Å². The molecule has 1 fully saturated rings. The number of likely N-dealkylation sites (tertiary alicyclic amines) is 1. The Balaban J connectivity index is 1.46. The average molecular weight is 450 g/mol. The number of rotatable bonds is 9. The molecule has 3 aromatic rings. The molecule has 0 aliphatic carbocycles. The zero-order valence-corrected chi connectivity index (χ0v) is 18.8. The van der Waals surface area contributed by atoms with E-state index in [1.165, 1.54) is 0 Å². The molecule has 1 saturated heterocycles. The summed E-state index contributed by atoms with van der Waals surface area (Å²) >= 11 is 1.62. The maximum Gasteiger partial charge on any atom is 0.260 e. The van der Waals surface area contributed by atoms with Crippen LogP contribution in [0.1, 0.15) is 6.42 Å². The van der Waals surface area contributed by atoms with Crippen LogP contribution in [0.5, 0.6) is 5.75 Å². The van der Waals surface area contributed by atoms with Crippen LogP contribution in [-0.4, -0.2) is 42.9 Å². The molecule has 1 aliphatic rings. The first-order valence-electron chi connectivity index (χ1n) is 10.5. The molecule has 7 nitrogen and oxygen atoms in total. The van der Waals surface area contributed by atoms with Crippen LogP contribution in [-0.2, 0) is 4.74 Å². The van der Waals surface area contributed by atoms with Gasteiger partial charge >= 0.3 is 0 Å². The monoisotopic (exact) mass is 449 g/mol. The van der Waals surface area contributed by atoms with Gasteiger partial charge < -0.3 is 25.4 Å². The number of benzene rings is 2. The molecule has 0 amide bonds. The minimum atomic E-state index is 0.356. The van der Waals surface area contributed by atoms with Crippen LogP contribution in [0.2, 0.25) is 0 Å². The predicted octanol–water partition coefficient (Wildman–Crippen LogP) is 4.73. The van der Waals surface area contributed by atoms with E-state index >= 15 is 0 Å². The summed E-state index contributed by atoms with van der Waals surface area (Å²) in [5, 5.41) is 4.19. The van der Waals surface area contributed by atoms with E-state index in [4.69, 9.17) is 15.2 Å². The lowest BCUT2D eigenvalue weighted by Gasteiger charge is -2.20. The lowest BCUT2D eigenvalue weighted by molar-refractivity contribution is 0.155. The number of hydrogen-bond donors (Lipinski definition) is 2. The minimum absolute atomic E-state index is 0.356. The van der Waals surface area contributed by atoms with Crippen LogP contribution in [0.25, 0.3) is 10.2 Å². The Bertz CT molecular complexity index is 1090. The number of aliphatic imine (C=N–C) groups is 1. The molecule has 2 aromatic carbocycles. The van der Waals surface area contributed by atoms with Gasteiger partial charge in [0.15, 0.2) is 11.0 Å². The molecule has 166 valence electrons. The number of aromatic nitrogens is 1. The number of ether oxygens (including phenoxy) is 2. The average Bonchev–Trinajstić information content (AvgIpc) is 3.44. The highest BCUT2D eigenvalue weighted by molar-refractivity contribution is 7.22. The fraction of sp³-hybridized carbons (Fsp3) is 0.250. The number of thiazole rings is 1. The molecule has 0 radical (unpaired) electrons. The summed E-state index contributed by atoms with van der Waals surface area (Å²) < 4.78 is 12.5. The van der Waals surface area contributed by atoms with E-state index in [9.17, 15) is 0 Å². The SMILES string of the molecule is C=CC=N/C(Oc1ccc(Nc2nc3ccccc3s2)cc1)=C(\N)N1CC[C@H](COC)C1. The molecule has 0 bridgehead atoms. The van der Waals surface area contributed by atoms with Crippen molar-refractivity contribution in [1.29, 1.82) is 0 Å². The van der Waals surface area contributed by atoms with Crippen molar-refractivity contribution in [3.8, 4) is 5.75 Å². The van der Waals surface area contributed by atoms with Gasteiger partial charge in [0.25, 0.3) is 5.88 Å². The van der Waals surface area contributed by atoms with Crippen molar-refractivity contribution in [3.63, 3.8) is 0 Å². The normalized spacial score (nSPS) is 17.0. The van der Waals surface area contributed by atoms with Gasteiger partial charge in [0.1, 0.15) is 5.75 Å². The van der Waals surface area contributed by atoms with Crippen molar-refractivity contribution in [3.05, 3.63) is 72.9 Å². The number of para-hydroxylation sites is 1. The van der Waals surface area contributed by atoms with Gasteiger partial charge in [-0.05, 0) is 42.8 Å². The van der Waals surface area contributed by atoms with Crippen LogP contribution in [0.4, 0.5) is 10.8 Å². The molecule has 3 N–H and O–H groups in total. The summed E-state index contributed by atoms with van der Waals surface area (Å²) in [4.78, 5) is 11.1. The Morgan fingerprint density at radius 3 is 2.88 bits per heavy atom. The lowest BCUT2D eigenvalue weighted by Crippen LogP contribution is -2.28. The number of nitrogens with two attached hydrogens (primary N) is 1. The molecule has 2 heterocycles. The van der Waals surface area contributed by atoms with E-state index < -0.39 is 0 Å². The smallest absolute Gasteiger partial charge is 0.260 e. The highest BCUT2D eigenvalue weighted by atomic mass is 32.1. The first kappa shape index (κ1) is 21.9. The lowest BCUT2D eigenvalue weighted by atomic mass is 10.1. The van der Waals surface area contributed by atoms with E-state index in [2.05, 4.69) is 32.8 Å². The number of allylic oxidation sites excluding steroid dienone is 1. The molecule has 1 aliphatic heterocycles. The minimum Gasteiger partial charge on any atom is -0.436 e. The molecule has 8 heteroatoms. The third-order valence-electron chi connectivity index (χ3n) is 5.16. The first-order valence-corrected chi connectivity index (χ1v) is 11.3. The fourth-order valence-electron chi connectivity index (χ4n) is 3.59. The van der Waals surface area contributed by atoms with Crippen molar-refractivity contribution in [1.82, 2.24) is 9.88 Å². The Hall–Kier alpha value is -3.36. The third kappa shape index (κ3) is 5.27. The molecule has 1 atom stereocenters. The summed E-state index contributed by atoms with van der Waals surface area (Å²) in [6.45, 7) is 6.08. The van der Waals surface area contributed by atoms with E-state index in [1.54, 1.807) is 30.7 Å². The molecule has 4 rings (SSSR count). The topological polar surface area (TPSA) is 85.0 Å². The molecule has 0 spiro atoms. The van der Waals surface area contributed by atoms with Gasteiger partial charge in [-0.25, -0.2) is 9.98 Å². The van der Waals surface area contributed by atoms with Crippen molar-refractivity contribution >= 4 is 38.6 Å². The molecule has 0 unspecified atom stereocenters. The fourth-order valence-corrected chi connectivity index (χ4v) is 4.48. The molecule has 32 heavy (non-hydrogen) atoms.